The molecule has 1 aromatic carbocycles. The number of rotatable bonds is 7. The number of nitrogens with zero attached hydrogens (tertiary/aromatic N) is 1. The summed E-state index contributed by atoms with van der Waals surface area (Å²) in [4.78, 5) is 0.968. The largest absolute Gasteiger partial charge is 0.468 e. The third-order valence-electron chi connectivity index (χ3n) is 3.49. The number of hydrogen-bond donors (Lipinski definition) is 0. The van der Waals surface area contributed by atoms with Crippen LogP contribution in [0.2, 0.25) is 5.02 Å². The van der Waals surface area contributed by atoms with E-state index in [9.17, 15) is 8.42 Å². The summed E-state index contributed by atoms with van der Waals surface area (Å²) in [5, 5.41) is 3.75. The lowest BCUT2D eigenvalue weighted by Crippen LogP contribution is -2.28. The second-order valence-electron chi connectivity index (χ2n) is 5.33. The van der Waals surface area contributed by atoms with Gasteiger partial charge in [0.15, 0.2) is 0 Å². The summed E-state index contributed by atoms with van der Waals surface area (Å²) >= 11 is 7.37. The van der Waals surface area contributed by atoms with Crippen LogP contribution in [-0.2, 0) is 23.1 Å². The molecule has 2 aromatic heterocycles. The Labute approximate surface area is 156 Å². The highest BCUT2D eigenvalue weighted by Crippen LogP contribution is 2.20. The molecule has 2 heterocycles. The second kappa shape index (κ2) is 8.01. The van der Waals surface area contributed by atoms with Crippen LogP contribution in [0.5, 0.6) is 0 Å². The molecule has 0 aliphatic rings. The van der Waals surface area contributed by atoms with Gasteiger partial charge in [-0.05, 0) is 47.4 Å². The first-order valence-corrected chi connectivity index (χ1v) is 10.3. The zero-order valence-electron chi connectivity index (χ0n) is 13.2. The molecule has 0 aliphatic heterocycles. The highest BCUT2D eigenvalue weighted by Gasteiger charge is 2.21. The Morgan fingerprint density at radius 3 is 2.52 bits per heavy atom. The van der Waals surface area contributed by atoms with Crippen LogP contribution in [-0.4, -0.2) is 12.7 Å². The number of sulfonamides is 1. The van der Waals surface area contributed by atoms with Gasteiger partial charge in [-0.3, -0.25) is 0 Å². The van der Waals surface area contributed by atoms with E-state index < -0.39 is 10.0 Å². The summed E-state index contributed by atoms with van der Waals surface area (Å²) in [6, 6.07) is 14.3. The number of furan rings is 1. The lowest BCUT2D eigenvalue weighted by atomic mass is 10.2. The minimum absolute atomic E-state index is 0.179. The van der Waals surface area contributed by atoms with Gasteiger partial charge in [-0.15, -0.1) is 11.3 Å². The van der Waals surface area contributed by atoms with Gasteiger partial charge < -0.3 is 4.42 Å². The minimum Gasteiger partial charge on any atom is -0.468 e. The van der Waals surface area contributed by atoms with E-state index in [1.165, 1.54) is 27.3 Å². The van der Waals surface area contributed by atoms with Crippen molar-refractivity contribution in [1.82, 2.24) is 4.31 Å². The van der Waals surface area contributed by atoms with E-state index in [2.05, 4.69) is 0 Å². The fourth-order valence-corrected chi connectivity index (χ4v) is 4.27. The zero-order chi connectivity index (χ0) is 17.7. The topological polar surface area (TPSA) is 50.5 Å². The molecule has 0 saturated heterocycles. The van der Waals surface area contributed by atoms with Gasteiger partial charge in [0.1, 0.15) is 5.76 Å². The number of hydrogen-bond acceptors (Lipinski definition) is 4. The molecule has 0 aliphatic carbocycles. The quantitative estimate of drug-likeness (QED) is 0.567. The lowest BCUT2D eigenvalue weighted by molar-refractivity contribution is 0.365. The van der Waals surface area contributed by atoms with Crippen LogP contribution in [0.4, 0.5) is 0 Å². The van der Waals surface area contributed by atoms with Gasteiger partial charge in [0.25, 0.3) is 0 Å². The van der Waals surface area contributed by atoms with Gasteiger partial charge in [-0.2, -0.15) is 4.31 Å². The van der Waals surface area contributed by atoms with E-state index in [-0.39, 0.29) is 6.54 Å². The van der Waals surface area contributed by atoms with Crippen molar-refractivity contribution < 1.29 is 12.8 Å². The Morgan fingerprint density at radius 1 is 1.08 bits per heavy atom. The van der Waals surface area contributed by atoms with Crippen molar-refractivity contribution in [2.45, 2.75) is 13.1 Å². The standard InChI is InChI=1S/C18H16ClNO3S2/c19-16-7-5-15(6-8-16)9-12-25(21,22)20(13-17-3-1-10-23-17)14-18-4-2-11-24-18/h1-12H,13-14H2. The molecular formula is C18H16ClNO3S2. The molecule has 3 aromatic rings. The molecule has 0 radical (unpaired) electrons. The maximum Gasteiger partial charge on any atom is 0.236 e. The molecule has 25 heavy (non-hydrogen) atoms. The number of benzene rings is 1. The van der Waals surface area contributed by atoms with Gasteiger partial charge in [-0.25, -0.2) is 8.42 Å². The normalized spacial score (nSPS) is 12.2. The van der Waals surface area contributed by atoms with Crippen LogP contribution in [0.15, 0.2) is 70.0 Å². The number of halogens is 1. The molecule has 0 saturated carbocycles. The van der Waals surface area contributed by atoms with Crippen molar-refractivity contribution in [3.8, 4) is 0 Å². The third-order valence-corrected chi connectivity index (χ3v) is 6.06. The van der Waals surface area contributed by atoms with Gasteiger partial charge in [-0.1, -0.05) is 29.8 Å². The maximum absolute atomic E-state index is 12.8. The van der Waals surface area contributed by atoms with Crippen molar-refractivity contribution >= 4 is 39.0 Å². The zero-order valence-corrected chi connectivity index (χ0v) is 15.6. The van der Waals surface area contributed by atoms with E-state index in [0.717, 1.165) is 10.4 Å². The second-order valence-corrected chi connectivity index (χ2v) is 8.61. The molecule has 3 rings (SSSR count). The molecule has 0 bridgehead atoms. The average molecular weight is 394 g/mol. The molecule has 130 valence electrons. The average Bonchev–Trinajstić information content (AvgIpc) is 3.28. The fraction of sp³-hybridized carbons (Fsp3) is 0.111. The Bertz CT molecular complexity index is 879. The Balaban J connectivity index is 1.83. The summed E-state index contributed by atoms with van der Waals surface area (Å²) in [6.07, 6.45) is 3.10. The highest BCUT2D eigenvalue weighted by atomic mass is 35.5. The van der Waals surface area contributed by atoms with Crippen LogP contribution in [0, 0.1) is 0 Å². The van der Waals surface area contributed by atoms with Crippen molar-refractivity contribution in [3.05, 3.63) is 86.8 Å². The van der Waals surface area contributed by atoms with E-state index in [1.54, 1.807) is 42.5 Å². The first-order chi connectivity index (χ1) is 12.0. The summed E-state index contributed by atoms with van der Waals surface area (Å²) in [5.74, 6) is 0.597. The summed E-state index contributed by atoms with van der Waals surface area (Å²) in [6.45, 7) is 0.476. The SMILES string of the molecule is O=S(=O)(C=Cc1ccc(Cl)cc1)N(Cc1ccco1)Cc1cccs1. The Hall–Kier alpha value is -1.86. The van der Waals surface area contributed by atoms with Crippen LogP contribution < -0.4 is 0 Å². The first-order valence-electron chi connectivity index (χ1n) is 7.51. The number of thiophene rings is 1. The Kier molecular flexibility index (Phi) is 5.75. The van der Waals surface area contributed by atoms with Crippen molar-refractivity contribution in [3.63, 3.8) is 0 Å². The highest BCUT2D eigenvalue weighted by molar-refractivity contribution is 7.92. The van der Waals surface area contributed by atoms with Gasteiger partial charge >= 0.3 is 0 Å². The molecule has 0 spiro atoms. The fourth-order valence-electron chi connectivity index (χ4n) is 2.21. The molecule has 0 atom stereocenters. The van der Waals surface area contributed by atoms with E-state index >= 15 is 0 Å². The van der Waals surface area contributed by atoms with Crippen molar-refractivity contribution in [2.75, 3.05) is 0 Å². The molecule has 0 fully saturated rings. The summed E-state index contributed by atoms with van der Waals surface area (Å²) < 4.78 is 32.3. The van der Waals surface area contributed by atoms with Gasteiger partial charge in [0.05, 0.1) is 12.8 Å². The predicted octanol–water partition coefficient (Wildman–Crippen LogP) is 5.00. The van der Waals surface area contributed by atoms with E-state index in [0.29, 0.717) is 17.3 Å². The molecule has 0 unspecified atom stereocenters. The van der Waals surface area contributed by atoms with E-state index in [1.807, 2.05) is 17.5 Å². The van der Waals surface area contributed by atoms with Crippen LogP contribution >= 0.6 is 22.9 Å². The summed E-state index contributed by atoms with van der Waals surface area (Å²) in [7, 11) is -3.62. The van der Waals surface area contributed by atoms with E-state index in [4.69, 9.17) is 16.0 Å². The van der Waals surface area contributed by atoms with Gasteiger partial charge in [0, 0.05) is 21.9 Å². The van der Waals surface area contributed by atoms with Crippen LogP contribution in [0.25, 0.3) is 6.08 Å². The molecule has 4 nitrogen and oxygen atoms in total. The molecule has 0 N–H and O–H groups in total. The van der Waals surface area contributed by atoms with Crippen molar-refractivity contribution in [1.29, 1.82) is 0 Å². The molecule has 7 heteroatoms. The molecular weight excluding hydrogens is 378 g/mol. The first kappa shape index (κ1) is 17.9. The molecule has 0 amide bonds. The van der Waals surface area contributed by atoms with Crippen LogP contribution in [0.3, 0.4) is 0 Å². The van der Waals surface area contributed by atoms with Crippen LogP contribution in [0.1, 0.15) is 16.2 Å². The van der Waals surface area contributed by atoms with Crippen molar-refractivity contribution in [2.24, 2.45) is 0 Å². The lowest BCUT2D eigenvalue weighted by Gasteiger charge is -2.18. The third kappa shape index (κ3) is 5.06. The van der Waals surface area contributed by atoms with Gasteiger partial charge in [0.2, 0.25) is 10.0 Å². The monoisotopic (exact) mass is 393 g/mol. The summed E-state index contributed by atoms with van der Waals surface area (Å²) in [5.41, 5.74) is 0.766. The minimum atomic E-state index is -3.62. The predicted molar refractivity (Wildman–Crippen MR) is 102 cm³/mol. The maximum atomic E-state index is 12.8. The smallest absolute Gasteiger partial charge is 0.236 e. The Morgan fingerprint density at radius 2 is 1.88 bits per heavy atom.